The van der Waals surface area contributed by atoms with E-state index in [-0.39, 0.29) is 5.41 Å². The number of hydrogen-bond donors (Lipinski definition) is 0. The molecule has 3 heteroatoms. The average molecular weight is 515 g/mol. The monoisotopic (exact) mass is 514 g/mol. The van der Waals surface area contributed by atoms with Crippen molar-refractivity contribution in [1.82, 2.24) is 9.55 Å². The Hall–Kier alpha value is -3.69. The first kappa shape index (κ1) is 20.7. The number of para-hydroxylation sites is 2. The van der Waals surface area contributed by atoms with Crippen LogP contribution in [0.25, 0.3) is 49.7 Å². The van der Waals surface area contributed by atoms with E-state index in [4.69, 9.17) is 0 Å². The first-order chi connectivity index (χ1) is 17.0. The van der Waals surface area contributed by atoms with E-state index in [1.54, 1.807) is 0 Å². The lowest BCUT2D eigenvalue weighted by atomic mass is 9.80. The van der Waals surface area contributed by atoms with Gasteiger partial charge in [-0.3, -0.25) is 0 Å². The smallest absolute Gasteiger partial charge is 0.106 e. The molecule has 7 rings (SSSR count). The molecule has 0 spiro atoms. The molecule has 0 radical (unpaired) electrons. The zero-order valence-corrected chi connectivity index (χ0v) is 21.2. The molecule has 35 heavy (non-hydrogen) atoms. The van der Waals surface area contributed by atoms with Crippen molar-refractivity contribution in [1.29, 1.82) is 0 Å². The maximum absolute atomic E-state index is 4.45. The first-order valence-corrected chi connectivity index (χ1v) is 12.7. The Kier molecular flexibility index (Phi) is 4.37. The van der Waals surface area contributed by atoms with Gasteiger partial charge in [0.2, 0.25) is 0 Å². The Morgan fingerprint density at radius 3 is 2.26 bits per heavy atom. The summed E-state index contributed by atoms with van der Waals surface area (Å²) < 4.78 is 3.31. The third-order valence-corrected chi connectivity index (χ3v) is 7.99. The van der Waals surface area contributed by atoms with Crippen LogP contribution in [0.2, 0.25) is 0 Å². The number of aromatic nitrogens is 2. The molecule has 4 aromatic carbocycles. The van der Waals surface area contributed by atoms with Gasteiger partial charge in [-0.25, -0.2) is 4.98 Å². The van der Waals surface area contributed by atoms with Crippen molar-refractivity contribution >= 4 is 37.7 Å². The second kappa shape index (κ2) is 7.40. The van der Waals surface area contributed by atoms with Gasteiger partial charge in [-0.15, -0.1) is 0 Å². The van der Waals surface area contributed by atoms with Crippen LogP contribution < -0.4 is 0 Å². The van der Waals surface area contributed by atoms with Crippen molar-refractivity contribution in [2.24, 2.45) is 0 Å². The molecule has 0 N–H and O–H groups in total. The minimum absolute atomic E-state index is 0.149. The average Bonchev–Trinajstić information content (AvgIpc) is 3.34. The van der Waals surface area contributed by atoms with Crippen molar-refractivity contribution in [2.45, 2.75) is 19.3 Å². The molecular formula is C32H23BrN2. The normalized spacial score (nSPS) is 13.8. The van der Waals surface area contributed by atoms with E-state index in [1.165, 1.54) is 55.3 Å². The third-order valence-electron chi connectivity index (χ3n) is 7.52. The van der Waals surface area contributed by atoms with Gasteiger partial charge in [-0.1, -0.05) is 80.6 Å². The van der Waals surface area contributed by atoms with E-state index in [0.29, 0.717) is 0 Å². The van der Waals surface area contributed by atoms with Crippen LogP contribution in [-0.2, 0) is 5.41 Å². The number of rotatable bonds is 2. The molecule has 168 valence electrons. The third kappa shape index (κ3) is 2.91. The lowest BCUT2D eigenvalue weighted by Gasteiger charge is -2.24. The quantitative estimate of drug-likeness (QED) is 0.211. The fraction of sp³-hybridized carbons (Fsp3) is 0.0938. The van der Waals surface area contributed by atoms with E-state index in [0.717, 1.165) is 10.2 Å². The summed E-state index contributed by atoms with van der Waals surface area (Å²) in [5, 5.41) is 2.60. The standard InChI is InChI=1S/C32H23BrN2/c1-32(2)27-18-20(21-13-17-29(33)34-19-21)12-14-23(27)25-15-16-26-24-10-6-7-11-28(24)35(31(26)30(25)32)22-8-4-3-5-9-22/h3-19H,1-2H3. The number of halogens is 1. The molecule has 0 amide bonds. The van der Waals surface area contributed by atoms with Crippen LogP contribution in [-0.4, -0.2) is 9.55 Å². The number of nitrogens with zero attached hydrogens (tertiary/aromatic N) is 2. The van der Waals surface area contributed by atoms with Crippen molar-refractivity contribution in [3.05, 3.63) is 119 Å². The minimum atomic E-state index is -0.149. The molecule has 0 fully saturated rings. The zero-order chi connectivity index (χ0) is 23.7. The fourth-order valence-electron chi connectivity index (χ4n) is 5.92. The number of pyridine rings is 1. The Balaban J connectivity index is 1.55. The summed E-state index contributed by atoms with van der Waals surface area (Å²) in [5.41, 5.74) is 11.4. The van der Waals surface area contributed by atoms with Crippen LogP contribution >= 0.6 is 15.9 Å². The predicted octanol–water partition coefficient (Wildman–Crippen LogP) is 8.91. The van der Waals surface area contributed by atoms with Gasteiger partial charge in [0.15, 0.2) is 0 Å². The van der Waals surface area contributed by atoms with Gasteiger partial charge in [0.1, 0.15) is 4.60 Å². The summed E-state index contributed by atoms with van der Waals surface area (Å²) >= 11 is 3.46. The molecule has 6 aromatic rings. The number of benzene rings is 4. The lowest BCUT2D eigenvalue weighted by molar-refractivity contribution is 0.664. The molecule has 0 saturated carbocycles. The highest BCUT2D eigenvalue weighted by molar-refractivity contribution is 9.10. The Bertz CT molecular complexity index is 1760. The highest BCUT2D eigenvalue weighted by Crippen LogP contribution is 2.53. The maximum atomic E-state index is 4.45. The van der Waals surface area contributed by atoms with Crippen LogP contribution in [0.5, 0.6) is 0 Å². The van der Waals surface area contributed by atoms with E-state index >= 15 is 0 Å². The summed E-state index contributed by atoms with van der Waals surface area (Å²) in [6.45, 7) is 4.74. The molecular weight excluding hydrogens is 492 g/mol. The molecule has 2 aromatic heterocycles. The SMILES string of the molecule is CC1(C)c2cc(-c3ccc(Br)nc3)ccc2-c2ccc3c4ccccc4n(-c4ccccc4)c3c21. The fourth-order valence-corrected chi connectivity index (χ4v) is 6.15. The molecule has 1 aliphatic rings. The van der Waals surface area contributed by atoms with Crippen LogP contribution in [0.4, 0.5) is 0 Å². The Labute approximate surface area is 213 Å². The number of fused-ring (bicyclic) bond motifs is 7. The van der Waals surface area contributed by atoms with Gasteiger partial charge in [0, 0.05) is 33.6 Å². The zero-order valence-electron chi connectivity index (χ0n) is 19.6. The largest absolute Gasteiger partial charge is 0.309 e. The molecule has 0 atom stereocenters. The minimum Gasteiger partial charge on any atom is -0.309 e. The van der Waals surface area contributed by atoms with Gasteiger partial charge in [0.05, 0.1) is 11.0 Å². The topological polar surface area (TPSA) is 17.8 Å². The molecule has 2 nitrogen and oxygen atoms in total. The van der Waals surface area contributed by atoms with E-state index in [9.17, 15) is 0 Å². The van der Waals surface area contributed by atoms with Gasteiger partial charge in [0.25, 0.3) is 0 Å². The number of hydrogen-bond acceptors (Lipinski definition) is 1. The highest BCUT2D eigenvalue weighted by atomic mass is 79.9. The summed E-state index contributed by atoms with van der Waals surface area (Å²) in [5.74, 6) is 0. The molecule has 0 aliphatic heterocycles. The molecule has 1 aliphatic carbocycles. The molecule has 0 unspecified atom stereocenters. The van der Waals surface area contributed by atoms with Crippen molar-refractivity contribution in [3.8, 4) is 27.9 Å². The van der Waals surface area contributed by atoms with Gasteiger partial charge in [-0.2, -0.15) is 0 Å². The molecule has 0 saturated heterocycles. The summed E-state index contributed by atoms with van der Waals surface area (Å²) in [6.07, 6.45) is 1.94. The molecule has 2 heterocycles. The predicted molar refractivity (Wildman–Crippen MR) is 149 cm³/mol. The van der Waals surface area contributed by atoms with E-state index < -0.39 is 0 Å². The van der Waals surface area contributed by atoms with E-state index in [2.05, 4.69) is 130 Å². The molecule has 0 bridgehead atoms. The highest BCUT2D eigenvalue weighted by Gasteiger charge is 2.38. The van der Waals surface area contributed by atoms with Crippen LogP contribution in [0.15, 0.2) is 108 Å². The Morgan fingerprint density at radius 1 is 0.714 bits per heavy atom. The van der Waals surface area contributed by atoms with Gasteiger partial charge in [-0.05, 0) is 74.1 Å². The van der Waals surface area contributed by atoms with E-state index in [1.807, 2.05) is 12.3 Å². The second-order valence-corrected chi connectivity index (χ2v) is 10.6. The lowest BCUT2D eigenvalue weighted by Crippen LogP contribution is -2.16. The summed E-state index contributed by atoms with van der Waals surface area (Å²) in [4.78, 5) is 4.45. The van der Waals surface area contributed by atoms with Crippen molar-refractivity contribution in [3.63, 3.8) is 0 Å². The van der Waals surface area contributed by atoms with Crippen LogP contribution in [0.1, 0.15) is 25.0 Å². The van der Waals surface area contributed by atoms with Crippen molar-refractivity contribution < 1.29 is 0 Å². The maximum Gasteiger partial charge on any atom is 0.106 e. The van der Waals surface area contributed by atoms with Crippen LogP contribution in [0.3, 0.4) is 0 Å². The van der Waals surface area contributed by atoms with Crippen LogP contribution in [0, 0.1) is 0 Å². The second-order valence-electron chi connectivity index (χ2n) is 9.83. The van der Waals surface area contributed by atoms with Gasteiger partial charge < -0.3 is 4.57 Å². The van der Waals surface area contributed by atoms with Crippen molar-refractivity contribution in [2.75, 3.05) is 0 Å². The first-order valence-electron chi connectivity index (χ1n) is 11.9. The van der Waals surface area contributed by atoms with Gasteiger partial charge >= 0.3 is 0 Å². The summed E-state index contributed by atoms with van der Waals surface area (Å²) in [7, 11) is 0. The summed E-state index contributed by atoms with van der Waals surface area (Å²) in [6, 6.07) is 35.2. The Morgan fingerprint density at radius 2 is 1.46 bits per heavy atom.